The summed E-state index contributed by atoms with van der Waals surface area (Å²) in [6, 6.07) is 5.21. The van der Waals surface area contributed by atoms with Crippen molar-refractivity contribution < 1.29 is 33.2 Å². The summed E-state index contributed by atoms with van der Waals surface area (Å²) in [5, 5.41) is 10.8. The summed E-state index contributed by atoms with van der Waals surface area (Å²) in [6.07, 6.45) is -1.80. The first-order valence-corrected chi connectivity index (χ1v) is 8.46. The van der Waals surface area contributed by atoms with E-state index in [1.54, 1.807) is 39.0 Å². The Labute approximate surface area is 160 Å². The predicted octanol–water partition coefficient (Wildman–Crippen LogP) is 3.33. The van der Waals surface area contributed by atoms with E-state index in [2.05, 4.69) is 20.4 Å². The number of allylic oxidation sites excluding steroid dienone is 2. The highest BCUT2D eigenvalue weighted by molar-refractivity contribution is 5.79. The molecule has 3 rings (SSSR count). The molecule has 1 N–H and O–H groups in total. The van der Waals surface area contributed by atoms with Crippen molar-refractivity contribution in [2.45, 2.75) is 26.7 Å². The molecule has 0 amide bonds. The number of hydrogen-bond donors (Lipinski definition) is 1. The van der Waals surface area contributed by atoms with Crippen LogP contribution in [0.25, 0.3) is 11.0 Å². The van der Waals surface area contributed by atoms with Gasteiger partial charge in [0.2, 0.25) is 0 Å². The van der Waals surface area contributed by atoms with Gasteiger partial charge in [-0.1, -0.05) is 12.1 Å². The molecule has 10 heteroatoms. The normalized spacial score (nSPS) is 16.6. The zero-order valence-corrected chi connectivity index (χ0v) is 15.8. The minimum absolute atomic E-state index is 0.145. The second-order valence-electron chi connectivity index (χ2n) is 5.86. The largest absolute Gasteiger partial charge is 0.513 e. The molecule has 2 heterocycles. The summed E-state index contributed by atoms with van der Waals surface area (Å²) < 4.78 is 25.2. The number of benzene rings is 1. The second kappa shape index (κ2) is 7.99. The predicted molar refractivity (Wildman–Crippen MR) is 94.7 cm³/mol. The van der Waals surface area contributed by atoms with Crippen molar-refractivity contribution in [1.82, 2.24) is 15.6 Å². The summed E-state index contributed by atoms with van der Waals surface area (Å²) in [5.74, 6) is -0.411. The Bertz CT molecular complexity index is 976. The van der Waals surface area contributed by atoms with Crippen molar-refractivity contribution in [3.8, 4) is 0 Å². The van der Waals surface area contributed by atoms with Gasteiger partial charge in [-0.3, -0.25) is 0 Å². The molecule has 1 aliphatic heterocycles. The third kappa shape index (κ3) is 3.61. The summed E-state index contributed by atoms with van der Waals surface area (Å²) in [4.78, 5) is 23.8. The van der Waals surface area contributed by atoms with Crippen molar-refractivity contribution in [2.24, 2.45) is 0 Å². The third-order valence-electron chi connectivity index (χ3n) is 4.08. The van der Waals surface area contributed by atoms with Gasteiger partial charge in [-0.25, -0.2) is 14.2 Å². The van der Waals surface area contributed by atoms with E-state index in [0.717, 1.165) is 0 Å². The van der Waals surface area contributed by atoms with Crippen LogP contribution < -0.4 is 5.32 Å². The third-order valence-corrected chi connectivity index (χ3v) is 4.08. The lowest BCUT2D eigenvalue weighted by Crippen LogP contribution is -2.29. The standard InChI is InChI=1S/C18H19N3O7/c1-5-25-18(23)27-16-10(3)19-9(2)15(26-17(22)24-4)13(16)11-7-6-8-12-14(11)21-28-20-12/h6-8,13,19H,5H2,1-4H3. The van der Waals surface area contributed by atoms with E-state index < -0.39 is 18.2 Å². The average molecular weight is 389 g/mol. The van der Waals surface area contributed by atoms with Gasteiger partial charge in [0.25, 0.3) is 0 Å². The number of nitrogens with zero attached hydrogens (tertiary/aromatic N) is 2. The van der Waals surface area contributed by atoms with Crippen LogP contribution >= 0.6 is 0 Å². The molecule has 0 spiro atoms. The van der Waals surface area contributed by atoms with E-state index in [-0.39, 0.29) is 18.1 Å². The van der Waals surface area contributed by atoms with Gasteiger partial charge in [0.15, 0.2) is 0 Å². The molecule has 148 valence electrons. The van der Waals surface area contributed by atoms with Crippen molar-refractivity contribution in [1.29, 1.82) is 0 Å². The van der Waals surface area contributed by atoms with Gasteiger partial charge in [0, 0.05) is 5.56 Å². The highest BCUT2D eigenvalue weighted by Gasteiger charge is 2.37. The Kier molecular flexibility index (Phi) is 5.48. The molecule has 28 heavy (non-hydrogen) atoms. The fraction of sp³-hybridized carbons (Fsp3) is 0.333. The Morgan fingerprint density at radius 3 is 2.43 bits per heavy atom. The summed E-state index contributed by atoms with van der Waals surface area (Å²) in [5.41, 5.74) is 2.58. The number of fused-ring (bicyclic) bond motifs is 1. The molecular weight excluding hydrogens is 370 g/mol. The zero-order chi connectivity index (χ0) is 20.3. The van der Waals surface area contributed by atoms with Crippen LogP contribution in [-0.4, -0.2) is 36.3 Å². The van der Waals surface area contributed by atoms with Gasteiger partial charge in [-0.15, -0.1) is 0 Å². The highest BCUT2D eigenvalue weighted by Crippen LogP contribution is 2.41. The molecule has 0 saturated heterocycles. The smallest absolute Gasteiger partial charge is 0.437 e. The lowest BCUT2D eigenvalue weighted by atomic mass is 9.89. The first-order chi connectivity index (χ1) is 13.5. The lowest BCUT2D eigenvalue weighted by molar-refractivity contribution is 0.0697. The van der Waals surface area contributed by atoms with E-state index >= 15 is 0 Å². The average Bonchev–Trinajstić information content (AvgIpc) is 3.14. The van der Waals surface area contributed by atoms with Crippen LogP contribution in [0.15, 0.2) is 45.7 Å². The number of carbonyl (C=O) groups excluding carboxylic acids is 2. The Hall–Kier alpha value is -3.56. The number of rotatable bonds is 4. The number of dihydropyridines is 1. The van der Waals surface area contributed by atoms with E-state index in [1.807, 2.05) is 0 Å². The van der Waals surface area contributed by atoms with Crippen LogP contribution in [-0.2, 0) is 18.9 Å². The van der Waals surface area contributed by atoms with E-state index in [4.69, 9.17) is 18.8 Å². The molecule has 2 aromatic rings. The van der Waals surface area contributed by atoms with Crippen LogP contribution in [0.1, 0.15) is 32.3 Å². The lowest BCUT2D eigenvalue weighted by Gasteiger charge is -2.30. The van der Waals surface area contributed by atoms with Crippen LogP contribution in [0.5, 0.6) is 0 Å². The zero-order valence-electron chi connectivity index (χ0n) is 15.8. The first-order valence-electron chi connectivity index (χ1n) is 8.46. The maximum absolute atomic E-state index is 12.0. The van der Waals surface area contributed by atoms with Crippen LogP contribution in [0.4, 0.5) is 9.59 Å². The summed E-state index contributed by atoms with van der Waals surface area (Å²) in [6.45, 7) is 5.25. The number of methoxy groups -OCH3 is 1. The van der Waals surface area contributed by atoms with Crippen molar-refractivity contribution in [3.63, 3.8) is 0 Å². The SMILES string of the molecule is CCOC(=O)OC1=C(C)NC(C)=C(OC(=O)OC)C1c1cccc2nonc12. The molecule has 1 aromatic heterocycles. The van der Waals surface area contributed by atoms with Crippen molar-refractivity contribution >= 4 is 23.3 Å². The molecule has 0 saturated carbocycles. The van der Waals surface area contributed by atoms with Gasteiger partial charge in [0.05, 0.1) is 25.1 Å². The molecule has 0 radical (unpaired) electrons. The van der Waals surface area contributed by atoms with Gasteiger partial charge in [-0.2, -0.15) is 0 Å². The Morgan fingerprint density at radius 2 is 1.79 bits per heavy atom. The molecule has 1 aromatic carbocycles. The van der Waals surface area contributed by atoms with E-state index in [9.17, 15) is 9.59 Å². The molecule has 1 unspecified atom stereocenters. The molecule has 0 aliphatic carbocycles. The molecule has 0 fully saturated rings. The minimum Gasteiger partial charge on any atom is -0.437 e. The second-order valence-corrected chi connectivity index (χ2v) is 5.86. The van der Waals surface area contributed by atoms with Crippen LogP contribution in [0.3, 0.4) is 0 Å². The van der Waals surface area contributed by atoms with Gasteiger partial charge in [0.1, 0.15) is 28.5 Å². The van der Waals surface area contributed by atoms with E-state index in [0.29, 0.717) is 28.0 Å². The number of nitrogens with one attached hydrogen (secondary N) is 1. The Morgan fingerprint density at radius 1 is 1.11 bits per heavy atom. The van der Waals surface area contributed by atoms with Crippen molar-refractivity contribution in [3.05, 3.63) is 46.7 Å². The van der Waals surface area contributed by atoms with Gasteiger partial charge < -0.3 is 24.3 Å². The molecule has 0 bridgehead atoms. The number of aromatic nitrogens is 2. The van der Waals surface area contributed by atoms with Crippen molar-refractivity contribution in [2.75, 3.05) is 13.7 Å². The first kappa shape index (κ1) is 19.2. The quantitative estimate of drug-likeness (QED) is 0.779. The minimum atomic E-state index is -0.915. The van der Waals surface area contributed by atoms with Gasteiger partial charge in [-0.05, 0) is 37.2 Å². The monoisotopic (exact) mass is 389 g/mol. The maximum Gasteiger partial charge on any atom is 0.513 e. The maximum atomic E-state index is 12.0. The summed E-state index contributed by atoms with van der Waals surface area (Å²) >= 11 is 0. The van der Waals surface area contributed by atoms with Crippen LogP contribution in [0, 0.1) is 0 Å². The fourth-order valence-electron chi connectivity index (χ4n) is 2.94. The topological polar surface area (TPSA) is 122 Å². The Balaban J connectivity index is 2.15. The number of carbonyl (C=O) groups is 2. The van der Waals surface area contributed by atoms with E-state index in [1.165, 1.54) is 7.11 Å². The van der Waals surface area contributed by atoms with Crippen LogP contribution in [0.2, 0.25) is 0 Å². The van der Waals surface area contributed by atoms with Gasteiger partial charge >= 0.3 is 12.3 Å². The molecular formula is C18H19N3O7. The highest BCUT2D eigenvalue weighted by atomic mass is 16.7. The fourth-order valence-corrected chi connectivity index (χ4v) is 2.94. The summed E-state index contributed by atoms with van der Waals surface area (Å²) in [7, 11) is 1.20. The molecule has 1 aliphatic rings. The number of hydrogen-bond acceptors (Lipinski definition) is 10. The molecule has 10 nitrogen and oxygen atoms in total. The number of ether oxygens (including phenoxy) is 4. The molecule has 1 atom stereocenters.